The van der Waals surface area contributed by atoms with Crippen molar-refractivity contribution < 1.29 is 18.9 Å². The molecule has 3 amide bonds. The van der Waals surface area contributed by atoms with Crippen molar-refractivity contribution in [1.29, 1.82) is 0 Å². The number of hydrogen-bond donors (Lipinski definition) is 2. The van der Waals surface area contributed by atoms with Crippen molar-refractivity contribution in [1.82, 2.24) is 10.2 Å². The first kappa shape index (κ1) is 17.7. The number of nitrogens with zero attached hydrogens (tertiary/aromatic N) is 1. The Morgan fingerprint density at radius 3 is 2.41 bits per heavy atom. The summed E-state index contributed by atoms with van der Waals surface area (Å²) in [5.41, 5.74) is 0.733. The zero-order valence-corrected chi connectivity index (χ0v) is 15.2. The second-order valence-corrected chi connectivity index (χ2v) is 7.55. The van der Waals surface area contributed by atoms with Crippen molar-refractivity contribution in [3.63, 3.8) is 0 Å². The van der Waals surface area contributed by atoms with E-state index in [0.29, 0.717) is 19.3 Å². The molecule has 1 saturated heterocycles. The molecule has 0 spiro atoms. The molecule has 5 nitrogen and oxygen atoms in total. The molecule has 2 N–H and O–H groups in total. The van der Waals surface area contributed by atoms with E-state index < -0.39 is 5.54 Å². The van der Waals surface area contributed by atoms with Crippen molar-refractivity contribution in [3.05, 3.63) is 71.5 Å². The fourth-order valence-electron chi connectivity index (χ4n) is 3.70. The van der Waals surface area contributed by atoms with Crippen LogP contribution in [0.5, 0.6) is 0 Å². The van der Waals surface area contributed by atoms with Crippen molar-refractivity contribution in [2.45, 2.75) is 37.9 Å². The standard InChI is InChI=1S/C21H22FN3O2/c1-21(16-5-3-2-4-6-16)19(26)25(20(27)23-21)14-24(18-11-12-18)13-15-7-9-17(22)10-8-15/h2-10,18H,11-14H2,1H3,(H,23,27)/p+1/t21-/m0/s1. The number of nitrogens with one attached hydrogen (secondary N) is 2. The third-order valence-electron chi connectivity index (χ3n) is 5.49. The Hall–Kier alpha value is -2.73. The van der Waals surface area contributed by atoms with Gasteiger partial charge in [0.2, 0.25) is 0 Å². The number of halogens is 1. The third kappa shape index (κ3) is 3.45. The van der Waals surface area contributed by atoms with Gasteiger partial charge in [0.25, 0.3) is 5.91 Å². The summed E-state index contributed by atoms with van der Waals surface area (Å²) in [5.74, 6) is -0.490. The van der Waals surface area contributed by atoms with Crippen LogP contribution in [0.4, 0.5) is 9.18 Å². The van der Waals surface area contributed by atoms with Crippen LogP contribution in [0.25, 0.3) is 0 Å². The first-order chi connectivity index (χ1) is 13.0. The molecular formula is C21H23FN3O2+. The van der Waals surface area contributed by atoms with Gasteiger partial charge in [0.1, 0.15) is 17.9 Å². The molecule has 0 radical (unpaired) electrons. The number of hydrogen-bond acceptors (Lipinski definition) is 2. The summed E-state index contributed by atoms with van der Waals surface area (Å²) < 4.78 is 13.2. The molecule has 6 heteroatoms. The quantitative estimate of drug-likeness (QED) is 0.764. The topological polar surface area (TPSA) is 53.9 Å². The highest BCUT2D eigenvalue weighted by molar-refractivity contribution is 6.07. The van der Waals surface area contributed by atoms with Crippen LogP contribution >= 0.6 is 0 Å². The Labute approximate surface area is 157 Å². The summed E-state index contributed by atoms with van der Waals surface area (Å²) in [6.07, 6.45) is 2.16. The minimum absolute atomic E-state index is 0.226. The van der Waals surface area contributed by atoms with Crippen LogP contribution < -0.4 is 10.2 Å². The Balaban J connectivity index is 1.52. The molecule has 1 aliphatic carbocycles. The maximum atomic E-state index is 13.2. The highest BCUT2D eigenvalue weighted by Gasteiger charge is 2.51. The van der Waals surface area contributed by atoms with Gasteiger partial charge in [-0.2, -0.15) is 0 Å². The molecular weight excluding hydrogens is 345 g/mol. The number of rotatable bonds is 6. The molecule has 1 saturated carbocycles. The fraction of sp³-hybridized carbons (Fsp3) is 0.333. The Morgan fingerprint density at radius 1 is 1.11 bits per heavy atom. The molecule has 27 heavy (non-hydrogen) atoms. The number of urea groups is 1. The Morgan fingerprint density at radius 2 is 1.78 bits per heavy atom. The Bertz CT molecular complexity index is 851. The van der Waals surface area contributed by atoms with Crippen LogP contribution in [0, 0.1) is 5.82 Å². The number of benzene rings is 2. The predicted molar refractivity (Wildman–Crippen MR) is 98.1 cm³/mol. The van der Waals surface area contributed by atoms with Crippen LogP contribution in [-0.2, 0) is 16.9 Å². The SMILES string of the molecule is C[C@@]1(c2ccccc2)NC(=O)N(C[NH+](Cc2ccc(F)cc2)C2CC2)C1=O. The molecule has 2 fully saturated rings. The van der Waals surface area contributed by atoms with Crippen molar-refractivity contribution in [3.8, 4) is 0 Å². The molecule has 2 aromatic rings. The summed E-state index contributed by atoms with van der Waals surface area (Å²) in [4.78, 5) is 28.2. The van der Waals surface area contributed by atoms with Gasteiger partial charge in [0.15, 0.2) is 6.67 Å². The zero-order chi connectivity index (χ0) is 19.0. The lowest BCUT2D eigenvalue weighted by Gasteiger charge is -2.25. The number of carbonyl (C=O) groups excluding carboxylic acids is 2. The smallest absolute Gasteiger partial charge is 0.319 e. The largest absolute Gasteiger partial charge is 0.329 e. The fourth-order valence-corrected chi connectivity index (χ4v) is 3.70. The van der Waals surface area contributed by atoms with E-state index in [1.165, 1.54) is 17.0 Å². The summed E-state index contributed by atoms with van der Waals surface area (Å²) in [5, 5.41) is 2.86. The molecule has 0 bridgehead atoms. The van der Waals surface area contributed by atoms with E-state index in [-0.39, 0.29) is 17.8 Å². The molecule has 4 rings (SSSR count). The van der Waals surface area contributed by atoms with E-state index in [1.54, 1.807) is 19.1 Å². The normalized spacial score (nSPS) is 23.4. The summed E-state index contributed by atoms with van der Waals surface area (Å²) in [6.45, 7) is 2.72. The lowest BCUT2D eigenvalue weighted by molar-refractivity contribution is -0.931. The van der Waals surface area contributed by atoms with E-state index in [2.05, 4.69) is 5.32 Å². The van der Waals surface area contributed by atoms with Crippen molar-refractivity contribution in [2.75, 3.05) is 6.67 Å². The summed E-state index contributed by atoms with van der Waals surface area (Å²) >= 11 is 0. The molecule has 1 aliphatic heterocycles. The first-order valence-corrected chi connectivity index (χ1v) is 9.26. The van der Waals surface area contributed by atoms with Crippen LogP contribution in [-0.4, -0.2) is 29.5 Å². The highest BCUT2D eigenvalue weighted by Crippen LogP contribution is 2.28. The zero-order valence-electron chi connectivity index (χ0n) is 15.2. The van der Waals surface area contributed by atoms with Crippen LogP contribution in [0.3, 0.4) is 0 Å². The van der Waals surface area contributed by atoms with Gasteiger partial charge >= 0.3 is 6.03 Å². The maximum Gasteiger partial charge on any atom is 0.329 e. The van der Waals surface area contributed by atoms with Crippen LogP contribution in [0.2, 0.25) is 0 Å². The molecule has 2 aliphatic rings. The molecule has 2 aromatic carbocycles. The van der Waals surface area contributed by atoms with Crippen molar-refractivity contribution in [2.24, 2.45) is 0 Å². The number of carbonyl (C=O) groups is 2. The second-order valence-electron chi connectivity index (χ2n) is 7.55. The monoisotopic (exact) mass is 368 g/mol. The van der Waals surface area contributed by atoms with Gasteiger partial charge in [-0.15, -0.1) is 0 Å². The number of amides is 3. The minimum atomic E-state index is -1.04. The number of imide groups is 1. The summed E-state index contributed by atoms with van der Waals surface area (Å²) in [6, 6.07) is 15.8. The molecule has 0 aromatic heterocycles. The average molecular weight is 368 g/mol. The predicted octanol–water partition coefficient (Wildman–Crippen LogP) is 1.80. The lowest BCUT2D eigenvalue weighted by Crippen LogP contribution is -3.13. The van der Waals surface area contributed by atoms with E-state index >= 15 is 0 Å². The van der Waals surface area contributed by atoms with E-state index in [1.807, 2.05) is 30.3 Å². The average Bonchev–Trinajstić information content (AvgIpc) is 3.48. The van der Waals surface area contributed by atoms with E-state index in [0.717, 1.165) is 28.9 Å². The van der Waals surface area contributed by atoms with Gasteiger partial charge in [0, 0.05) is 18.4 Å². The van der Waals surface area contributed by atoms with E-state index in [4.69, 9.17) is 0 Å². The Kier molecular flexibility index (Phi) is 4.44. The third-order valence-corrected chi connectivity index (χ3v) is 5.49. The first-order valence-electron chi connectivity index (χ1n) is 9.26. The lowest BCUT2D eigenvalue weighted by atomic mass is 9.92. The second kappa shape index (κ2) is 6.78. The molecule has 1 heterocycles. The van der Waals surface area contributed by atoms with Gasteiger partial charge in [-0.05, 0) is 24.6 Å². The molecule has 140 valence electrons. The highest BCUT2D eigenvalue weighted by atomic mass is 19.1. The van der Waals surface area contributed by atoms with Gasteiger partial charge in [-0.1, -0.05) is 42.5 Å². The van der Waals surface area contributed by atoms with Gasteiger partial charge < -0.3 is 10.2 Å². The van der Waals surface area contributed by atoms with Gasteiger partial charge in [0.05, 0.1) is 6.04 Å². The molecule has 2 atom stereocenters. The minimum Gasteiger partial charge on any atom is -0.319 e. The van der Waals surface area contributed by atoms with Crippen LogP contribution in [0.1, 0.15) is 30.9 Å². The van der Waals surface area contributed by atoms with E-state index in [9.17, 15) is 14.0 Å². The van der Waals surface area contributed by atoms with Gasteiger partial charge in [-0.25, -0.2) is 14.1 Å². The van der Waals surface area contributed by atoms with Crippen LogP contribution in [0.15, 0.2) is 54.6 Å². The van der Waals surface area contributed by atoms with Gasteiger partial charge in [-0.3, -0.25) is 4.79 Å². The molecule has 1 unspecified atom stereocenters. The summed E-state index contributed by atoms with van der Waals surface area (Å²) in [7, 11) is 0. The maximum absolute atomic E-state index is 13.2. The van der Waals surface area contributed by atoms with Crippen molar-refractivity contribution >= 4 is 11.9 Å². The number of quaternary nitrogens is 1.